The van der Waals surface area contributed by atoms with Crippen LogP contribution in [0, 0.1) is 0 Å². The van der Waals surface area contributed by atoms with E-state index in [9.17, 15) is 9.59 Å². The first-order chi connectivity index (χ1) is 9.08. The van der Waals surface area contributed by atoms with Gasteiger partial charge >= 0.3 is 0 Å². The summed E-state index contributed by atoms with van der Waals surface area (Å²) >= 11 is 1.62. The first-order valence-electron chi connectivity index (χ1n) is 6.34. The Morgan fingerprint density at radius 2 is 1.79 bits per heavy atom. The van der Waals surface area contributed by atoms with E-state index in [0.29, 0.717) is 26.2 Å². The summed E-state index contributed by atoms with van der Waals surface area (Å²) in [6, 6.07) is 3.97. The molecule has 4 nitrogen and oxygen atoms in total. The van der Waals surface area contributed by atoms with Gasteiger partial charge in [-0.2, -0.15) is 0 Å². The molecular weight excluding hydrogens is 260 g/mol. The first-order valence-corrected chi connectivity index (χ1v) is 7.22. The van der Waals surface area contributed by atoms with Crippen LogP contribution in [0.15, 0.2) is 23.1 Å². The van der Waals surface area contributed by atoms with Gasteiger partial charge in [0.1, 0.15) is 0 Å². The van der Waals surface area contributed by atoms with Crippen molar-refractivity contribution in [3.63, 3.8) is 0 Å². The number of carbonyl (C=O) groups excluding carboxylic acids is 2. The van der Waals surface area contributed by atoms with Gasteiger partial charge in [-0.1, -0.05) is 6.07 Å². The molecule has 1 fully saturated rings. The van der Waals surface area contributed by atoms with Crippen LogP contribution in [0.4, 0.5) is 0 Å². The number of hydrogen-bond acceptors (Lipinski definition) is 3. The predicted molar refractivity (Wildman–Crippen MR) is 76.8 cm³/mol. The Labute approximate surface area is 117 Å². The van der Waals surface area contributed by atoms with E-state index < -0.39 is 0 Å². The summed E-state index contributed by atoms with van der Waals surface area (Å²) in [5.41, 5.74) is 0.749. The Kier molecular flexibility index (Phi) is 4.37. The standard InChI is InChI=1S/C14H18N2O2S/c1-11(10-13-4-3-9-19-13)14(18)16-7-5-15(6-8-16)12(2)17/h3-4,9-10H,5-8H2,1-2H3/b11-10+. The van der Waals surface area contributed by atoms with Gasteiger partial charge < -0.3 is 9.80 Å². The zero-order chi connectivity index (χ0) is 13.8. The number of amides is 2. The molecule has 2 heterocycles. The van der Waals surface area contributed by atoms with Crippen LogP contribution in [0.25, 0.3) is 6.08 Å². The van der Waals surface area contributed by atoms with E-state index in [2.05, 4.69) is 0 Å². The van der Waals surface area contributed by atoms with Crippen molar-refractivity contribution >= 4 is 29.2 Å². The lowest BCUT2D eigenvalue weighted by molar-refractivity contribution is -0.136. The highest BCUT2D eigenvalue weighted by atomic mass is 32.1. The normalized spacial score (nSPS) is 16.6. The van der Waals surface area contributed by atoms with Crippen molar-refractivity contribution in [2.75, 3.05) is 26.2 Å². The third-order valence-corrected chi connectivity index (χ3v) is 4.07. The number of hydrogen-bond donors (Lipinski definition) is 0. The molecule has 0 atom stereocenters. The fourth-order valence-corrected chi connectivity index (χ4v) is 2.84. The molecule has 5 heteroatoms. The molecule has 0 saturated carbocycles. The van der Waals surface area contributed by atoms with Gasteiger partial charge in [-0.25, -0.2) is 0 Å². The quantitative estimate of drug-likeness (QED) is 0.775. The van der Waals surface area contributed by atoms with Gasteiger partial charge in [0, 0.05) is 43.6 Å². The Morgan fingerprint density at radius 1 is 1.16 bits per heavy atom. The third-order valence-electron chi connectivity index (χ3n) is 3.25. The van der Waals surface area contributed by atoms with E-state index in [1.54, 1.807) is 23.2 Å². The predicted octanol–water partition coefficient (Wildman–Crippen LogP) is 1.84. The van der Waals surface area contributed by atoms with Gasteiger partial charge in [0.15, 0.2) is 0 Å². The molecule has 0 aromatic carbocycles. The lowest BCUT2D eigenvalue weighted by Gasteiger charge is -2.34. The zero-order valence-corrected chi connectivity index (χ0v) is 12.1. The molecule has 0 spiro atoms. The summed E-state index contributed by atoms with van der Waals surface area (Å²) in [6.45, 7) is 5.92. The second kappa shape index (κ2) is 6.02. The first kappa shape index (κ1) is 13.8. The van der Waals surface area contributed by atoms with Gasteiger partial charge in [0.05, 0.1) is 0 Å². The Hall–Kier alpha value is -1.62. The Bertz CT molecular complexity index is 486. The van der Waals surface area contributed by atoms with Gasteiger partial charge in [0.25, 0.3) is 0 Å². The van der Waals surface area contributed by atoms with E-state index in [4.69, 9.17) is 0 Å². The van der Waals surface area contributed by atoms with Crippen LogP contribution in [0.3, 0.4) is 0 Å². The minimum atomic E-state index is 0.0663. The van der Waals surface area contributed by atoms with Crippen molar-refractivity contribution in [3.8, 4) is 0 Å². The minimum absolute atomic E-state index is 0.0663. The number of carbonyl (C=O) groups is 2. The number of piperazine rings is 1. The van der Waals surface area contributed by atoms with Crippen molar-refractivity contribution < 1.29 is 9.59 Å². The van der Waals surface area contributed by atoms with Crippen molar-refractivity contribution in [2.24, 2.45) is 0 Å². The third kappa shape index (κ3) is 3.44. The van der Waals surface area contributed by atoms with E-state index >= 15 is 0 Å². The molecule has 1 aliphatic heterocycles. The molecule has 0 aliphatic carbocycles. The lowest BCUT2D eigenvalue weighted by Crippen LogP contribution is -2.50. The van der Waals surface area contributed by atoms with Gasteiger partial charge in [0.2, 0.25) is 11.8 Å². The lowest BCUT2D eigenvalue weighted by atomic mass is 10.2. The molecule has 0 bridgehead atoms. The molecular formula is C14H18N2O2S. The maximum absolute atomic E-state index is 12.3. The largest absolute Gasteiger partial charge is 0.339 e. The summed E-state index contributed by atoms with van der Waals surface area (Å²) in [5, 5.41) is 2.00. The number of rotatable bonds is 2. The molecule has 1 aliphatic rings. The molecule has 0 N–H and O–H groups in total. The molecule has 0 radical (unpaired) electrons. The second-order valence-corrected chi connectivity index (χ2v) is 5.62. The Morgan fingerprint density at radius 3 is 2.32 bits per heavy atom. The highest BCUT2D eigenvalue weighted by Crippen LogP contribution is 2.15. The van der Waals surface area contributed by atoms with Gasteiger partial charge in [-0.05, 0) is 24.4 Å². The highest BCUT2D eigenvalue weighted by Gasteiger charge is 2.22. The summed E-state index contributed by atoms with van der Waals surface area (Å²) in [6.07, 6.45) is 1.92. The summed E-state index contributed by atoms with van der Waals surface area (Å²) in [7, 11) is 0. The fraction of sp³-hybridized carbons (Fsp3) is 0.429. The summed E-state index contributed by atoms with van der Waals surface area (Å²) in [5.74, 6) is 0.148. The van der Waals surface area contributed by atoms with Gasteiger partial charge in [-0.3, -0.25) is 9.59 Å². The highest BCUT2D eigenvalue weighted by molar-refractivity contribution is 7.10. The van der Waals surface area contributed by atoms with Crippen LogP contribution in [0.5, 0.6) is 0 Å². The van der Waals surface area contributed by atoms with Crippen molar-refractivity contribution in [2.45, 2.75) is 13.8 Å². The topological polar surface area (TPSA) is 40.6 Å². The van der Waals surface area contributed by atoms with E-state index in [1.165, 1.54) is 0 Å². The monoisotopic (exact) mass is 278 g/mol. The van der Waals surface area contributed by atoms with Crippen LogP contribution >= 0.6 is 11.3 Å². The van der Waals surface area contributed by atoms with Crippen LogP contribution < -0.4 is 0 Å². The minimum Gasteiger partial charge on any atom is -0.339 e. The van der Waals surface area contributed by atoms with Crippen molar-refractivity contribution in [1.29, 1.82) is 0 Å². The molecule has 1 aromatic rings. The maximum Gasteiger partial charge on any atom is 0.249 e. The van der Waals surface area contributed by atoms with Crippen molar-refractivity contribution in [1.82, 2.24) is 9.80 Å². The summed E-state index contributed by atoms with van der Waals surface area (Å²) in [4.78, 5) is 28.2. The molecule has 2 rings (SSSR count). The van der Waals surface area contributed by atoms with E-state index in [1.807, 2.05) is 35.4 Å². The smallest absolute Gasteiger partial charge is 0.249 e. The zero-order valence-electron chi connectivity index (χ0n) is 11.3. The average Bonchev–Trinajstić information content (AvgIpc) is 2.90. The SMILES string of the molecule is CC(=O)N1CCN(C(=O)/C(C)=C/c2cccs2)CC1. The number of nitrogens with zero attached hydrogens (tertiary/aromatic N) is 2. The summed E-state index contributed by atoms with van der Waals surface area (Å²) < 4.78 is 0. The molecule has 1 aromatic heterocycles. The molecule has 1 saturated heterocycles. The van der Waals surface area contributed by atoms with E-state index in [-0.39, 0.29) is 11.8 Å². The average molecular weight is 278 g/mol. The van der Waals surface area contributed by atoms with Crippen LogP contribution in [0.1, 0.15) is 18.7 Å². The van der Waals surface area contributed by atoms with Crippen LogP contribution in [-0.4, -0.2) is 47.8 Å². The van der Waals surface area contributed by atoms with Gasteiger partial charge in [-0.15, -0.1) is 11.3 Å². The molecule has 2 amide bonds. The van der Waals surface area contributed by atoms with Crippen molar-refractivity contribution in [3.05, 3.63) is 28.0 Å². The second-order valence-electron chi connectivity index (χ2n) is 4.64. The van der Waals surface area contributed by atoms with E-state index in [0.717, 1.165) is 10.5 Å². The maximum atomic E-state index is 12.3. The molecule has 102 valence electrons. The van der Waals surface area contributed by atoms with Crippen LogP contribution in [-0.2, 0) is 9.59 Å². The number of thiophene rings is 1. The van der Waals surface area contributed by atoms with Crippen LogP contribution in [0.2, 0.25) is 0 Å². The molecule has 19 heavy (non-hydrogen) atoms. The Balaban J connectivity index is 1.96. The fourth-order valence-electron chi connectivity index (χ4n) is 2.12. The molecule has 0 unspecified atom stereocenters.